The highest BCUT2D eigenvalue weighted by molar-refractivity contribution is 6.51. The van der Waals surface area contributed by atoms with Gasteiger partial charge in [0, 0.05) is 18.7 Å². The van der Waals surface area contributed by atoms with Crippen molar-refractivity contribution in [3.63, 3.8) is 0 Å². The highest BCUT2D eigenvalue weighted by Gasteiger charge is 2.25. The van der Waals surface area contributed by atoms with Gasteiger partial charge < -0.3 is 10.2 Å². The third kappa shape index (κ3) is 4.33. The third-order valence-electron chi connectivity index (χ3n) is 4.38. The molecule has 2 amide bonds. The number of hydrogen-bond acceptors (Lipinski definition) is 2. The Morgan fingerprint density at radius 3 is 1.92 bits per heavy atom. The van der Waals surface area contributed by atoms with Crippen LogP contribution in [-0.2, 0) is 4.79 Å². The smallest absolute Gasteiger partial charge is 0.271 e. The Morgan fingerprint density at radius 1 is 0.808 bits per heavy atom. The number of carbonyl (C=O) groups is 2. The predicted molar refractivity (Wildman–Crippen MR) is 104 cm³/mol. The number of halogens is 1. The van der Waals surface area contributed by atoms with E-state index in [1.807, 2.05) is 36.4 Å². The first-order valence-electron chi connectivity index (χ1n) is 8.77. The van der Waals surface area contributed by atoms with Crippen molar-refractivity contribution in [3.8, 4) is 0 Å². The zero-order chi connectivity index (χ0) is 18.4. The Balaban J connectivity index is 1.93. The van der Waals surface area contributed by atoms with Crippen molar-refractivity contribution >= 4 is 28.4 Å². The standard InChI is InChI=1S/C21H21ClN2O2/c22-18(16-10-4-1-5-11-16)19(21(26)24-14-8-3-9-15-24)23-20(25)17-12-6-2-7-13-17/h1-2,4-7,10-13H,3,8-9,14-15H2,(H,23,25). The number of carbonyl (C=O) groups excluding carboxylic acids is 2. The van der Waals surface area contributed by atoms with E-state index in [2.05, 4.69) is 5.32 Å². The molecule has 0 radical (unpaired) electrons. The summed E-state index contributed by atoms with van der Waals surface area (Å²) in [6.45, 7) is 1.37. The van der Waals surface area contributed by atoms with Crippen LogP contribution >= 0.6 is 11.6 Å². The van der Waals surface area contributed by atoms with E-state index in [1.54, 1.807) is 29.2 Å². The molecule has 134 valence electrons. The van der Waals surface area contributed by atoms with Crippen molar-refractivity contribution in [1.29, 1.82) is 0 Å². The van der Waals surface area contributed by atoms with E-state index in [1.165, 1.54) is 0 Å². The number of likely N-dealkylation sites (tertiary alicyclic amines) is 1. The van der Waals surface area contributed by atoms with E-state index in [4.69, 9.17) is 11.6 Å². The Hall–Kier alpha value is -2.59. The summed E-state index contributed by atoms with van der Waals surface area (Å²) in [5.74, 6) is -0.581. The summed E-state index contributed by atoms with van der Waals surface area (Å²) in [6, 6.07) is 18.0. The maximum absolute atomic E-state index is 13.0. The third-order valence-corrected chi connectivity index (χ3v) is 4.79. The fourth-order valence-corrected chi connectivity index (χ4v) is 3.22. The number of piperidine rings is 1. The van der Waals surface area contributed by atoms with Crippen LogP contribution in [0, 0.1) is 0 Å². The largest absolute Gasteiger partial charge is 0.337 e. The molecule has 0 aliphatic carbocycles. The summed E-state index contributed by atoms with van der Waals surface area (Å²) >= 11 is 6.54. The van der Waals surface area contributed by atoms with Gasteiger partial charge in [-0.1, -0.05) is 60.1 Å². The van der Waals surface area contributed by atoms with Crippen LogP contribution in [0.25, 0.3) is 5.03 Å². The van der Waals surface area contributed by atoms with Crippen molar-refractivity contribution in [2.45, 2.75) is 19.3 Å². The molecule has 0 spiro atoms. The van der Waals surface area contributed by atoms with Gasteiger partial charge in [0.2, 0.25) is 0 Å². The molecular weight excluding hydrogens is 348 g/mol. The van der Waals surface area contributed by atoms with Gasteiger partial charge in [-0.2, -0.15) is 0 Å². The molecular formula is C21H21ClN2O2. The minimum Gasteiger partial charge on any atom is -0.337 e. The second kappa shape index (κ2) is 8.68. The van der Waals surface area contributed by atoms with Gasteiger partial charge in [0.15, 0.2) is 0 Å². The summed E-state index contributed by atoms with van der Waals surface area (Å²) in [6.07, 6.45) is 3.05. The molecule has 26 heavy (non-hydrogen) atoms. The van der Waals surface area contributed by atoms with Gasteiger partial charge in [0.1, 0.15) is 5.70 Å². The van der Waals surface area contributed by atoms with E-state index < -0.39 is 0 Å². The van der Waals surface area contributed by atoms with Gasteiger partial charge in [-0.05, 0) is 37.0 Å². The van der Waals surface area contributed by atoms with Crippen LogP contribution in [0.4, 0.5) is 0 Å². The Labute approximate surface area is 158 Å². The Bertz CT molecular complexity index is 797. The van der Waals surface area contributed by atoms with Gasteiger partial charge in [0.05, 0.1) is 5.03 Å². The van der Waals surface area contributed by atoms with Crippen molar-refractivity contribution < 1.29 is 9.59 Å². The summed E-state index contributed by atoms with van der Waals surface area (Å²) in [5, 5.41) is 3.00. The highest BCUT2D eigenvalue weighted by Crippen LogP contribution is 2.24. The molecule has 1 heterocycles. The second-order valence-corrected chi connectivity index (χ2v) is 6.61. The minimum absolute atomic E-state index is 0.133. The molecule has 0 saturated carbocycles. The lowest BCUT2D eigenvalue weighted by atomic mass is 10.1. The monoisotopic (exact) mass is 368 g/mol. The number of amides is 2. The van der Waals surface area contributed by atoms with E-state index in [-0.39, 0.29) is 22.5 Å². The first-order valence-corrected chi connectivity index (χ1v) is 9.15. The van der Waals surface area contributed by atoms with Crippen LogP contribution in [0.15, 0.2) is 66.4 Å². The summed E-state index contributed by atoms with van der Waals surface area (Å²) < 4.78 is 0. The van der Waals surface area contributed by atoms with Gasteiger partial charge in [0.25, 0.3) is 11.8 Å². The molecule has 1 aliphatic heterocycles. The molecule has 0 atom stereocenters. The van der Waals surface area contributed by atoms with Gasteiger partial charge in [-0.15, -0.1) is 0 Å². The molecule has 4 nitrogen and oxygen atoms in total. The number of hydrogen-bond donors (Lipinski definition) is 1. The molecule has 5 heteroatoms. The molecule has 1 N–H and O–H groups in total. The second-order valence-electron chi connectivity index (χ2n) is 6.23. The van der Waals surface area contributed by atoms with E-state index >= 15 is 0 Å². The Kier molecular flexibility index (Phi) is 6.08. The van der Waals surface area contributed by atoms with E-state index in [9.17, 15) is 9.59 Å². The molecule has 0 unspecified atom stereocenters. The molecule has 3 rings (SSSR count). The molecule has 1 fully saturated rings. The quantitative estimate of drug-likeness (QED) is 0.828. The topological polar surface area (TPSA) is 49.4 Å². The van der Waals surface area contributed by atoms with Gasteiger partial charge in [-0.3, -0.25) is 9.59 Å². The normalized spacial score (nSPS) is 15.2. The van der Waals surface area contributed by atoms with Crippen LogP contribution in [-0.4, -0.2) is 29.8 Å². The lowest BCUT2D eigenvalue weighted by Crippen LogP contribution is -2.41. The fraction of sp³-hybridized carbons (Fsp3) is 0.238. The van der Waals surface area contributed by atoms with Crippen molar-refractivity contribution in [2.24, 2.45) is 0 Å². The van der Waals surface area contributed by atoms with Crippen LogP contribution < -0.4 is 5.32 Å². The van der Waals surface area contributed by atoms with Crippen molar-refractivity contribution in [2.75, 3.05) is 13.1 Å². The lowest BCUT2D eigenvalue weighted by molar-refractivity contribution is -0.128. The number of nitrogens with one attached hydrogen (secondary N) is 1. The molecule has 0 bridgehead atoms. The van der Waals surface area contributed by atoms with Crippen LogP contribution in [0.3, 0.4) is 0 Å². The summed E-state index contributed by atoms with van der Waals surface area (Å²) in [7, 11) is 0. The zero-order valence-electron chi connectivity index (χ0n) is 14.5. The first-order chi connectivity index (χ1) is 12.7. The number of benzene rings is 2. The highest BCUT2D eigenvalue weighted by atomic mass is 35.5. The van der Waals surface area contributed by atoms with E-state index in [0.29, 0.717) is 24.2 Å². The molecule has 1 saturated heterocycles. The molecule has 1 aliphatic rings. The average molecular weight is 369 g/mol. The van der Waals surface area contributed by atoms with Gasteiger partial charge >= 0.3 is 0 Å². The zero-order valence-corrected chi connectivity index (χ0v) is 15.2. The molecule has 0 aromatic heterocycles. The molecule has 2 aromatic rings. The fourth-order valence-electron chi connectivity index (χ4n) is 2.96. The van der Waals surface area contributed by atoms with Crippen molar-refractivity contribution in [3.05, 3.63) is 77.5 Å². The SMILES string of the molecule is O=C(NC(C(=O)N1CCCCC1)=C(Cl)c1ccccc1)c1ccccc1. The maximum atomic E-state index is 13.0. The van der Waals surface area contributed by atoms with Crippen LogP contribution in [0.2, 0.25) is 0 Å². The van der Waals surface area contributed by atoms with Crippen LogP contribution in [0.5, 0.6) is 0 Å². The average Bonchev–Trinajstić information content (AvgIpc) is 2.73. The van der Waals surface area contributed by atoms with Crippen molar-refractivity contribution in [1.82, 2.24) is 10.2 Å². The molecule has 2 aromatic carbocycles. The number of rotatable bonds is 4. The van der Waals surface area contributed by atoms with Gasteiger partial charge in [-0.25, -0.2) is 0 Å². The van der Waals surface area contributed by atoms with E-state index in [0.717, 1.165) is 19.3 Å². The van der Waals surface area contributed by atoms with Crippen LogP contribution in [0.1, 0.15) is 35.2 Å². The minimum atomic E-state index is -0.347. The first kappa shape index (κ1) is 18.2. The lowest BCUT2D eigenvalue weighted by Gasteiger charge is -2.28. The Morgan fingerprint density at radius 2 is 1.35 bits per heavy atom. The predicted octanol–water partition coefficient (Wildman–Crippen LogP) is 4.04. The maximum Gasteiger partial charge on any atom is 0.271 e. The summed E-state index contributed by atoms with van der Waals surface area (Å²) in [4.78, 5) is 27.4. The summed E-state index contributed by atoms with van der Waals surface area (Å²) in [5.41, 5.74) is 1.31. The number of nitrogens with zero attached hydrogens (tertiary/aromatic N) is 1.